The van der Waals surface area contributed by atoms with Crippen molar-refractivity contribution in [3.8, 4) is 0 Å². The van der Waals surface area contributed by atoms with E-state index < -0.39 is 0 Å². The van der Waals surface area contributed by atoms with Crippen molar-refractivity contribution < 1.29 is 113 Å². The van der Waals surface area contributed by atoms with Gasteiger partial charge in [-0.3, -0.25) is 0 Å². The number of hydrogen-bond donors (Lipinski definition) is 0. The first-order valence-corrected chi connectivity index (χ1v) is 0. The molecule has 0 unspecified atom stereocenters. The van der Waals surface area contributed by atoms with E-state index >= 15 is 0 Å². The standard InChI is InChI=1S/2Al.2Co.7O.2Re/q;;;;7*-2;2*+7. The Labute approximate surface area is 146 Å². The average Bonchev–Trinajstić information content (AvgIpc) is 0. The molecule has 0 aromatic heterocycles. The molecule has 0 fully saturated rings. The van der Waals surface area contributed by atoms with E-state index in [1.165, 1.54) is 0 Å². The molecule has 80 valence electrons. The normalized spacial score (nSPS) is 0. The van der Waals surface area contributed by atoms with Crippen LogP contribution in [0.25, 0.3) is 0 Å². The fraction of sp³-hybridized carbons (Fsp3) is 0. The summed E-state index contributed by atoms with van der Waals surface area (Å²) < 4.78 is 0. The van der Waals surface area contributed by atoms with Gasteiger partial charge in [0.25, 0.3) is 0 Å². The minimum atomic E-state index is 0. The van der Waals surface area contributed by atoms with Gasteiger partial charge in [0, 0.05) is 68.3 Å². The molecule has 0 aliphatic rings. The Kier molecular flexibility index (Phi) is 9000. The topological polar surface area (TPSA) is 200 Å². The van der Waals surface area contributed by atoms with Crippen molar-refractivity contribution in [3.05, 3.63) is 0 Å². The van der Waals surface area contributed by atoms with E-state index in [4.69, 9.17) is 0 Å². The van der Waals surface area contributed by atoms with Gasteiger partial charge in [0.15, 0.2) is 0 Å². The fourth-order valence-corrected chi connectivity index (χ4v) is 0. The minimum Gasteiger partial charge on any atom is -2.00 e. The Bertz CT molecular complexity index is 22.5. The van der Waals surface area contributed by atoms with Gasteiger partial charge in [-0.05, 0) is 0 Å². The van der Waals surface area contributed by atoms with Crippen LogP contribution >= 0.6 is 0 Å². The molecule has 0 aromatic carbocycles. The van der Waals surface area contributed by atoms with E-state index in [0.29, 0.717) is 0 Å². The minimum absolute atomic E-state index is 0. The summed E-state index contributed by atoms with van der Waals surface area (Å²) in [4.78, 5) is 0. The van der Waals surface area contributed by atoms with E-state index in [2.05, 4.69) is 0 Å². The first-order chi connectivity index (χ1) is 0. The average molecular weight is 656 g/mol. The second kappa shape index (κ2) is 309. The largest absolute Gasteiger partial charge is 7.00 e. The summed E-state index contributed by atoms with van der Waals surface area (Å²) in [6, 6.07) is 0. The molecule has 13 heteroatoms. The molecule has 0 saturated carbocycles. The second-order valence-corrected chi connectivity index (χ2v) is 0. The smallest absolute Gasteiger partial charge is 2.00 e. The predicted molar refractivity (Wildman–Crippen MR) is 16.3 cm³/mol. The van der Waals surface area contributed by atoms with Crippen molar-refractivity contribution in [2.24, 2.45) is 0 Å². The quantitative estimate of drug-likeness (QED) is 0.271. The molecule has 0 aromatic rings. The summed E-state index contributed by atoms with van der Waals surface area (Å²) in [5.74, 6) is 0. The van der Waals surface area contributed by atoms with E-state index in [-0.39, 0.29) is 147 Å². The van der Waals surface area contributed by atoms with Crippen LogP contribution in [0.2, 0.25) is 0 Å². The van der Waals surface area contributed by atoms with Crippen LogP contribution in [0, 0.1) is 0 Å². The molecule has 0 aliphatic carbocycles. The Balaban J connectivity index is 0. The van der Waals surface area contributed by atoms with Crippen molar-refractivity contribution in [3.63, 3.8) is 0 Å². The van der Waals surface area contributed by atoms with Crippen molar-refractivity contribution in [1.29, 1.82) is 0 Å². The molecular weight excluding hydrogens is 656 g/mol. The zero-order valence-corrected chi connectivity index (χ0v) is 15.3. The third-order valence-electron chi connectivity index (χ3n) is 0. The van der Waals surface area contributed by atoms with Crippen LogP contribution in [0.3, 0.4) is 0 Å². The van der Waals surface area contributed by atoms with Gasteiger partial charge >= 0.3 is 40.8 Å². The van der Waals surface area contributed by atoms with Gasteiger partial charge < -0.3 is 38.3 Å². The van der Waals surface area contributed by atoms with E-state index in [1.54, 1.807) is 0 Å². The van der Waals surface area contributed by atoms with Gasteiger partial charge in [-0.1, -0.05) is 0 Å². The Morgan fingerprint density at radius 3 is 0.308 bits per heavy atom. The monoisotopic (exact) mass is 658 g/mol. The zero-order valence-electron chi connectivity index (χ0n) is 5.44. The van der Waals surface area contributed by atoms with E-state index in [0.717, 1.165) is 0 Å². The Morgan fingerprint density at radius 2 is 0.308 bits per heavy atom. The summed E-state index contributed by atoms with van der Waals surface area (Å²) in [5.41, 5.74) is 0. The Morgan fingerprint density at radius 1 is 0.308 bits per heavy atom. The molecule has 0 saturated heterocycles. The molecule has 0 atom stereocenters. The van der Waals surface area contributed by atoms with Gasteiger partial charge in [-0.2, -0.15) is 0 Å². The van der Waals surface area contributed by atoms with Gasteiger partial charge in [-0.25, -0.2) is 0 Å². The van der Waals surface area contributed by atoms with Crippen LogP contribution < -0.4 is 0 Å². The Hall–Kier alpha value is 3.12. The summed E-state index contributed by atoms with van der Waals surface area (Å²) in [6.45, 7) is 0. The van der Waals surface area contributed by atoms with Crippen molar-refractivity contribution >= 4 is 34.7 Å². The molecule has 0 spiro atoms. The molecule has 0 bridgehead atoms. The summed E-state index contributed by atoms with van der Waals surface area (Å²) in [5, 5.41) is 0. The molecular formula is Al2Co2O7Re2. The van der Waals surface area contributed by atoms with Crippen LogP contribution in [0.5, 0.6) is 0 Å². The van der Waals surface area contributed by atoms with Crippen LogP contribution in [0.1, 0.15) is 0 Å². The van der Waals surface area contributed by atoms with Crippen LogP contribution in [0.15, 0.2) is 0 Å². The van der Waals surface area contributed by atoms with E-state index in [9.17, 15) is 0 Å². The summed E-state index contributed by atoms with van der Waals surface area (Å²) in [6.07, 6.45) is 0. The molecule has 8 radical (unpaired) electrons. The van der Waals surface area contributed by atoms with Crippen molar-refractivity contribution in [2.45, 2.75) is 0 Å². The summed E-state index contributed by atoms with van der Waals surface area (Å²) in [7, 11) is 0. The predicted octanol–water partition coefficient (Wildman–Crippen LogP) is -1.60. The third kappa shape index (κ3) is 267. The van der Waals surface area contributed by atoms with Crippen molar-refractivity contribution in [2.75, 3.05) is 0 Å². The first kappa shape index (κ1) is 378. The maximum absolute atomic E-state index is 0. The fourth-order valence-electron chi connectivity index (χ4n) is 0. The van der Waals surface area contributed by atoms with Gasteiger partial charge in [0.05, 0.1) is 0 Å². The molecule has 0 heterocycles. The van der Waals surface area contributed by atoms with Gasteiger partial charge in [0.2, 0.25) is 0 Å². The first-order valence-electron chi connectivity index (χ1n) is 0. The number of rotatable bonds is 0. The van der Waals surface area contributed by atoms with Crippen molar-refractivity contribution in [1.82, 2.24) is 0 Å². The molecule has 13 heavy (non-hydrogen) atoms. The molecule has 7 nitrogen and oxygen atoms in total. The van der Waals surface area contributed by atoms with Crippen LogP contribution in [-0.4, -0.2) is 34.7 Å². The maximum atomic E-state index is 0. The van der Waals surface area contributed by atoms with E-state index in [1.807, 2.05) is 0 Å². The molecule has 0 rings (SSSR count). The molecule has 0 N–H and O–H groups in total. The van der Waals surface area contributed by atoms with Gasteiger partial charge in [0.1, 0.15) is 0 Å². The maximum Gasteiger partial charge on any atom is 7.00 e. The number of hydrogen-bond acceptors (Lipinski definition) is 0. The zero-order chi connectivity index (χ0) is 0. The third-order valence-corrected chi connectivity index (χ3v) is 0. The molecule has 0 aliphatic heterocycles. The van der Waals surface area contributed by atoms with Crippen LogP contribution in [0.4, 0.5) is 0 Å². The SMILES string of the molecule is [Al].[Al].[Co].[Co].[O-2].[O-2].[O-2].[O-2].[O-2].[O-2].[O-2].[Re+7].[Re+7]. The summed E-state index contributed by atoms with van der Waals surface area (Å²) >= 11 is 0. The second-order valence-electron chi connectivity index (χ2n) is 0. The molecule has 0 amide bonds. The van der Waals surface area contributed by atoms with Gasteiger partial charge in [-0.15, -0.1) is 0 Å². The van der Waals surface area contributed by atoms with Crippen LogP contribution in [-0.2, 0) is 113 Å².